The van der Waals surface area contributed by atoms with Gasteiger partial charge in [-0.15, -0.1) is 0 Å². The molecule has 0 amide bonds. The van der Waals surface area contributed by atoms with E-state index in [2.05, 4.69) is 46.6 Å². The second-order valence-electron chi connectivity index (χ2n) is 6.43. The first-order valence-electron chi connectivity index (χ1n) is 9.24. The van der Waals surface area contributed by atoms with Gasteiger partial charge in [-0.25, -0.2) is 13.8 Å². The Morgan fingerprint density at radius 3 is 2.56 bits per heavy atom. The topological polar surface area (TPSA) is 39.7 Å². The summed E-state index contributed by atoms with van der Waals surface area (Å²) in [5.74, 6) is -0.325. The quantitative estimate of drug-likeness (QED) is 0.547. The predicted octanol–water partition coefficient (Wildman–Crippen LogP) is 3.67. The highest BCUT2D eigenvalue weighted by molar-refractivity contribution is 5.79. The molecule has 0 aliphatic rings. The van der Waals surface area contributed by atoms with E-state index in [0.29, 0.717) is 19.0 Å². The minimum Gasteiger partial charge on any atom is -0.357 e. The summed E-state index contributed by atoms with van der Waals surface area (Å²) in [6.07, 6.45) is 0. The molecule has 0 spiro atoms. The van der Waals surface area contributed by atoms with E-state index in [9.17, 15) is 8.78 Å². The summed E-state index contributed by atoms with van der Waals surface area (Å²) in [4.78, 5) is 6.79. The minimum atomic E-state index is -0.455. The maximum atomic E-state index is 13.8. The summed E-state index contributed by atoms with van der Waals surface area (Å²) in [7, 11) is 2.09. The van der Waals surface area contributed by atoms with Crippen LogP contribution in [0.3, 0.4) is 0 Å². The van der Waals surface area contributed by atoms with Gasteiger partial charge < -0.3 is 15.5 Å². The van der Waals surface area contributed by atoms with Crippen molar-refractivity contribution in [1.29, 1.82) is 0 Å². The van der Waals surface area contributed by atoms with Gasteiger partial charge in [0.25, 0.3) is 0 Å². The third kappa shape index (κ3) is 6.98. The van der Waals surface area contributed by atoms with Crippen LogP contribution >= 0.6 is 0 Å². The lowest BCUT2D eigenvalue weighted by atomic mass is 10.1. The zero-order valence-electron chi connectivity index (χ0n) is 16.2. The molecule has 4 nitrogen and oxygen atoms in total. The molecule has 0 heterocycles. The Hall–Kier alpha value is -2.47. The van der Waals surface area contributed by atoms with Crippen LogP contribution in [0, 0.1) is 11.6 Å². The molecule has 2 aromatic carbocycles. The summed E-state index contributed by atoms with van der Waals surface area (Å²) < 4.78 is 27.1. The fourth-order valence-corrected chi connectivity index (χ4v) is 2.62. The second-order valence-corrected chi connectivity index (χ2v) is 6.43. The molecule has 2 N–H and O–H groups in total. The van der Waals surface area contributed by atoms with Crippen LogP contribution in [0.25, 0.3) is 0 Å². The Bertz CT molecular complexity index is 762. The number of nitrogens with one attached hydrogen (secondary N) is 2. The van der Waals surface area contributed by atoms with E-state index >= 15 is 0 Å². The van der Waals surface area contributed by atoms with Gasteiger partial charge in [-0.3, -0.25) is 0 Å². The van der Waals surface area contributed by atoms with Gasteiger partial charge in [0.15, 0.2) is 5.96 Å². The maximum absolute atomic E-state index is 13.8. The molecule has 0 unspecified atom stereocenters. The third-order valence-corrected chi connectivity index (χ3v) is 4.20. The van der Waals surface area contributed by atoms with Gasteiger partial charge in [-0.2, -0.15) is 0 Å². The van der Waals surface area contributed by atoms with E-state index in [1.807, 2.05) is 19.1 Å². The zero-order valence-corrected chi connectivity index (χ0v) is 16.2. The summed E-state index contributed by atoms with van der Waals surface area (Å²) in [5, 5.41) is 6.18. The fraction of sp³-hybridized carbons (Fsp3) is 0.381. The molecule has 146 valence electrons. The average molecular weight is 374 g/mol. The van der Waals surface area contributed by atoms with Gasteiger partial charge >= 0.3 is 0 Å². The van der Waals surface area contributed by atoms with Crippen molar-refractivity contribution < 1.29 is 8.78 Å². The predicted molar refractivity (Wildman–Crippen MR) is 106 cm³/mol. The van der Waals surface area contributed by atoms with Crippen LogP contribution in [0.15, 0.2) is 47.5 Å². The molecule has 2 aromatic rings. The lowest BCUT2D eigenvalue weighted by molar-refractivity contribution is 0.345. The van der Waals surface area contributed by atoms with Gasteiger partial charge in [-0.1, -0.05) is 31.2 Å². The summed E-state index contributed by atoms with van der Waals surface area (Å²) in [5.41, 5.74) is 2.61. The van der Waals surface area contributed by atoms with Gasteiger partial charge in [-0.05, 0) is 49.8 Å². The maximum Gasteiger partial charge on any atom is 0.191 e. The highest BCUT2D eigenvalue weighted by Crippen LogP contribution is 2.10. The van der Waals surface area contributed by atoms with Crippen molar-refractivity contribution >= 4 is 5.96 Å². The van der Waals surface area contributed by atoms with Crippen molar-refractivity contribution in [3.63, 3.8) is 0 Å². The van der Waals surface area contributed by atoms with E-state index in [0.717, 1.165) is 30.8 Å². The highest BCUT2D eigenvalue weighted by Gasteiger charge is 2.05. The van der Waals surface area contributed by atoms with Crippen molar-refractivity contribution in [1.82, 2.24) is 15.5 Å². The molecule has 0 aliphatic heterocycles. The van der Waals surface area contributed by atoms with Crippen molar-refractivity contribution in [2.75, 3.05) is 20.1 Å². The van der Waals surface area contributed by atoms with E-state index in [4.69, 9.17) is 0 Å². The number of benzene rings is 2. The first-order chi connectivity index (χ1) is 13.0. The first kappa shape index (κ1) is 20.8. The van der Waals surface area contributed by atoms with Gasteiger partial charge in [0, 0.05) is 25.2 Å². The Kier molecular flexibility index (Phi) is 8.20. The van der Waals surface area contributed by atoms with Crippen LogP contribution in [0.4, 0.5) is 8.78 Å². The van der Waals surface area contributed by atoms with Crippen LogP contribution in [-0.2, 0) is 19.6 Å². The number of halogens is 2. The van der Waals surface area contributed by atoms with E-state index in [-0.39, 0.29) is 12.1 Å². The lowest BCUT2D eigenvalue weighted by Gasteiger charge is -2.14. The molecule has 0 aromatic heterocycles. The van der Waals surface area contributed by atoms with E-state index in [1.165, 1.54) is 11.6 Å². The molecule has 0 radical (unpaired) electrons. The largest absolute Gasteiger partial charge is 0.357 e. The molecule has 0 saturated carbocycles. The van der Waals surface area contributed by atoms with Crippen molar-refractivity contribution in [2.24, 2.45) is 4.99 Å². The fourth-order valence-electron chi connectivity index (χ4n) is 2.62. The molecule has 27 heavy (non-hydrogen) atoms. The highest BCUT2D eigenvalue weighted by atomic mass is 19.1. The Balaban J connectivity index is 2.02. The zero-order chi connectivity index (χ0) is 19.6. The van der Waals surface area contributed by atoms with Crippen LogP contribution in [0.1, 0.15) is 30.5 Å². The number of guanidine groups is 1. The minimum absolute atomic E-state index is 0.163. The number of hydrogen-bond donors (Lipinski definition) is 2. The van der Waals surface area contributed by atoms with Crippen molar-refractivity contribution in [3.05, 3.63) is 70.8 Å². The molecule has 6 heteroatoms. The van der Waals surface area contributed by atoms with Crippen LogP contribution in [0.2, 0.25) is 0 Å². The van der Waals surface area contributed by atoms with Crippen molar-refractivity contribution in [2.45, 2.75) is 33.5 Å². The Morgan fingerprint density at radius 1 is 1.04 bits per heavy atom. The second kappa shape index (κ2) is 10.6. The third-order valence-electron chi connectivity index (χ3n) is 4.20. The van der Waals surface area contributed by atoms with Crippen LogP contribution in [0.5, 0.6) is 0 Å². The van der Waals surface area contributed by atoms with E-state index < -0.39 is 11.6 Å². The van der Waals surface area contributed by atoms with Gasteiger partial charge in [0.1, 0.15) is 11.6 Å². The molecule has 0 atom stereocenters. The number of nitrogens with zero attached hydrogens (tertiary/aromatic N) is 2. The summed E-state index contributed by atoms with van der Waals surface area (Å²) in [6, 6.07) is 11.8. The number of rotatable bonds is 8. The van der Waals surface area contributed by atoms with Crippen LogP contribution < -0.4 is 10.6 Å². The standard InChI is InChI=1S/C21H28F2N4/c1-4-24-21(26-14-18-12-19(22)9-10-20(18)23)25-13-16-7-6-8-17(11-16)15-27(3)5-2/h6-12H,4-5,13-15H2,1-3H3,(H2,24,25,26). The molecule has 2 rings (SSSR count). The number of aliphatic imine (C=N–C) groups is 1. The summed E-state index contributed by atoms with van der Waals surface area (Å²) in [6.45, 7) is 7.32. The van der Waals surface area contributed by atoms with Gasteiger partial charge in [0.05, 0.1) is 6.54 Å². The van der Waals surface area contributed by atoms with E-state index in [1.54, 1.807) is 0 Å². The molecule has 0 saturated heterocycles. The lowest BCUT2D eigenvalue weighted by Crippen LogP contribution is -2.37. The summed E-state index contributed by atoms with van der Waals surface area (Å²) >= 11 is 0. The number of hydrogen-bond acceptors (Lipinski definition) is 2. The monoisotopic (exact) mass is 374 g/mol. The van der Waals surface area contributed by atoms with Crippen molar-refractivity contribution in [3.8, 4) is 0 Å². The molecule has 0 fully saturated rings. The SMILES string of the molecule is CCNC(=NCc1cccc(CN(C)CC)c1)NCc1cc(F)ccc1F. The normalized spacial score (nSPS) is 11.7. The molecule has 0 aliphatic carbocycles. The Morgan fingerprint density at radius 2 is 1.81 bits per heavy atom. The smallest absolute Gasteiger partial charge is 0.191 e. The first-order valence-corrected chi connectivity index (χ1v) is 9.24. The van der Waals surface area contributed by atoms with Crippen LogP contribution in [-0.4, -0.2) is 31.0 Å². The molecule has 0 bridgehead atoms. The van der Waals surface area contributed by atoms with Gasteiger partial charge in [0.2, 0.25) is 0 Å². The average Bonchev–Trinajstić information content (AvgIpc) is 2.66. The Labute approximate surface area is 160 Å². The molecular formula is C21H28F2N4. The molecular weight excluding hydrogens is 346 g/mol.